The lowest BCUT2D eigenvalue weighted by Crippen LogP contribution is -2.13. The van der Waals surface area contributed by atoms with Gasteiger partial charge in [-0.2, -0.15) is 0 Å². The molecule has 0 spiro atoms. The maximum Gasteiger partial charge on any atom is 0.254 e. The fourth-order valence-electron chi connectivity index (χ4n) is 3.15. The SMILES string of the molecule is CC(=O)Nc1ccc(Nc2nccc(-c3ccc(N)c4c3CNC4=O)n2)cc1. The highest BCUT2D eigenvalue weighted by atomic mass is 16.2. The lowest BCUT2D eigenvalue weighted by atomic mass is 9.99. The van der Waals surface area contributed by atoms with Crippen LogP contribution in [-0.4, -0.2) is 21.8 Å². The Morgan fingerprint density at radius 1 is 1.11 bits per heavy atom. The molecule has 140 valence electrons. The molecule has 0 aliphatic carbocycles. The van der Waals surface area contributed by atoms with E-state index in [1.807, 2.05) is 18.2 Å². The van der Waals surface area contributed by atoms with Gasteiger partial charge in [-0.25, -0.2) is 9.97 Å². The molecule has 4 rings (SSSR count). The second kappa shape index (κ2) is 6.99. The Hall–Kier alpha value is -3.94. The van der Waals surface area contributed by atoms with E-state index in [0.29, 0.717) is 35.1 Å². The molecule has 2 heterocycles. The molecule has 1 aliphatic heterocycles. The number of benzene rings is 2. The highest BCUT2D eigenvalue weighted by Crippen LogP contribution is 2.32. The van der Waals surface area contributed by atoms with Gasteiger partial charge in [-0.15, -0.1) is 0 Å². The van der Waals surface area contributed by atoms with Crippen LogP contribution in [0.1, 0.15) is 22.8 Å². The van der Waals surface area contributed by atoms with Crippen LogP contribution in [0.3, 0.4) is 0 Å². The largest absolute Gasteiger partial charge is 0.398 e. The highest BCUT2D eigenvalue weighted by Gasteiger charge is 2.25. The number of fused-ring (bicyclic) bond motifs is 1. The van der Waals surface area contributed by atoms with Crippen LogP contribution in [0.5, 0.6) is 0 Å². The van der Waals surface area contributed by atoms with E-state index in [9.17, 15) is 9.59 Å². The van der Waals surface area contributed by atoms with Crippen LogP contribution in [0.15, 0.2) is 48.7 Å². The standard InChI is InChI=1S/C20H18N6O2/c1-11(27)24-12-2-4-13(5-3-12)25-20-22-9-8-17(26-20)14-6-7-16(21)18-15(14)10-23-19(18)28/h2-9H,10,21H2,1H3,(H,23,28)(H,24,27)(H,22,25,26). The molecule has 2 amide bonds. The van der Waals surface area contributed by atoms with Gasteiger partial charge >= 0.3 is 0 Å². The third kappa shape index (κ3) is 3.35. The van der Waals surface area contributed by atoms with Crippen molar-refractivity contribution in [2.45, 2.75) is 13.5 Å². The highest BCUT2D eigenvalue weighted by molar-refractivity contribution is 6.05. The minimum atomic E-state index is -0.166. The van der Waals surface area contributed by atoms with Gasteiger partial charge in [0.25, 0.3) is 5.91 Å². The van der Waals surface area contributed by atoms with E-state index >= 15 is 0 Å². The molecule has 0 radical (unpaired) electrons. The molecule has 0 unspecified atom stereocenters. The van der Waals surface area contributed by atoms with E-state index < -0.39 is 0 Å². The monoisotopic (exact) mass is 374 g/mol. The third-order valence-corrected chi connectivity index (χ3v) is 4.39. The summed E-state index contributed by atoms with van der Waals surface area (Å²) in [6, 6.07) is 12.6. The van der Waals surface area contributed by atoms with Gasteiger partial charge in [0.05, 0.1) is 11.3 Å². The molecule has 0 atom stereocenters. The lowest BCUT2D eigenvalue weighted by Gasteiger charge is -2.10. The summed E-state index contributed by atoms with van der Waals surface area (Å²) in [5, 5.41) is 8.66. The minimum absolute atomic E-state index is 0.124. The summed E-state index contributed by atoms with van der Waals surface area (Å²) in [6.07, 6.45) is 1.66. The number of hydrogen-bond donors (Lipinski definition) is 4. The minimum Gasteiger partial charge on any atom is -0.398 e. The maximum atomic E-state index is 12.0. The fourth-order valence-corrected chi connectivity index (χ4v) is 3.15. The van der Waals surface area contributed by atoms with Crippen LogP contribution >= 0.6 is 0 Å². The summed E-state index contributed by atoms with van der Waals surface area (Å²) in [7, 11) is 0. The second-order valence-electron chi connectivity index (χ2n) is 6.39. The smallest absolute Gasteiger partial charge is 0.254 e. The van der Waals surface area contributed by atoms with Crippen LogP contribution in [-0.2, 0) is 11.3 Å². The number of rotatable bonds is 4. The topological polar surface area (TPSA) is 122 Å². The van der Waals surface area contributed by atoms with Crippen LogP contribution in [0, 0.1) is 0 Å². The van der Waals surface area contributed by atoms with Gasteiger partial charge in [0.1, 0.15) is 0 Å². The van der Waals surface area contributed by atoms with Crippen molar-refractivity contribution >= 4 is 34.8 Å². The summed E-state index contributed by atoms with van der Waals surface area (Å²) >= 11 is 0. The Kier molecular flexibility index (Phi) is 4.36. The summed E-state index contributed by atoms with van der Waals surface area (Å²) in [6.45, 7) is 1.88. The number of nitrogens with zero attached hydrogens (tertiary/aromatic N) is 2. The Bertz CT molecular complexity index is 1080. The summed E-state index contributed by atoms with van der Waals surface area (Å²) < 4.78 is 0. The second-order valence-corrected chi connectivity index (χ2v) is 6.39. The molecule has 8 nitrogen and oxygen atoms in total. The average Bonchev–Trinajstić information content (AvgIpc) is 3.06. The summed E-state index contributed by atoms with van der Waals surface area (Å²) in [5.74, 6) is 0.134. The molecular weight excluding hydrogens is 356 g/mol. The Labute approximate surface area is 161 Å². The van der Waals surface area contributed by atoms with Crippen LogP contribution in [0.2, 0.25) is 0 Å². The molecule has 2 aromatic carbocycles. The van der Waals surface area contributed by atoms with Crippen molar-refractivity contribution in [3.63, 3.8) is 0 Å². The first-order valence-electron chi connectivity index (χ1n) is 8.69. The third-order valence-electron chi connectivity index (χ3n) is 4.39. The van der Waals surface area contributed by atoms with E-state index in [1.165, 1.54) is 6.92 Å². The first kappa shape index (κ1) is 17.5. The van der Waals surface area contributed by atoms with Crippen molar-refractivity contribution in [3.05, 3.63) is 59.8 Å². The number of amides is 2. The van der Waals surface area contributed by atoms with Gasteiger partial charge in [-0.3, -0.25) is 9.59 Å². The zero-order valence-corrected chi connectivity index (χ0v) is 15.1. The van der Waals surface area contributed by atoms with Crippen LogP contribution < -0.4 is 21.7 Å². The number of carbonyl (C=O) groups is 2. The molecule has 28 heavy (non-hydrogen) atoms. The van der Waals surface area contributed by atoms with Gasteiger partial charge in [-0.05, 0) is 42.0 Å². The molecule has 1 aromatic heterocycles. The summed E-state index contributed by atoms with van der Waals surface area (Å²) in [5.41, 5.74) is 10.8. The quantitative estimate of drug-likeness (QED) is 0.521. The van der Waals surface area contributed by atoms with E-state index in [0.717, 1.165) is 16.8 Å². The summed E-state index contributed by atoms with van der Waals surface area (Å²) in [4.78, 5) is 31.9. The number of nitrogen functional groups attached to an aromatic ring is 1. The maximum absolute atomic E-state index is 12.0. The molecule has 5 N–H and O–H groups in total. The number of nitrogens with one attached hydrogen (secondary N) is 3. The molecule has 0 bridgehead atoms. The van der Waals surface area contributed by atoms with E-state index in [2.05, 4.69) is 25.9 Å². The van der Waals surface area contributed by atoms with Gasteiger partial charge in [0.2, 0.25) is 11.9 Å². The first-order chi connectivity index (χ1) is 13.5. The average molecular weight is 374 g/mol. The lowest BCUT2D eigenvalue weighted by molar-refractivity contribution is -0.114. The Morgan fingerprint density at radius 3 is 2.61 bits per heavy atom. The number of carbonyl (C=O) groups excluding carboxylic acids is 2. The van der Waals surface area contributed by atoms with Crippen LogP contribution in [0.25, 0.3) is 11.3 Å². The van der Waals surface area contributed by atoms with E-state index in [-0.39, 0.29) is 11.8 Å². The predicted molar refractivity (Wildman–Crippen MR) is 107 cm³/mol. The van der Waals surface area contributed by atoms with Crippen molar-refractivity contribution in [2.75, 3.05) is 16.4 Å². The van der Waals surface area contributed by atoms with Gasteiger partial charge in [-0.1, -0.05) is 6.07 Å². The van der Waals surface area contributed by atoms with E-state index in [4.69, 9.17) is 5.73 Å². The van der Waals surface area contributed by atoms with Crippen LogP contribution in [0.4, 0.5) is 23.0 Å². The van der Waals surface area contributed by atoms with E-state index in [1.54, 1.807) is 30.5 Å². The molecule has 0 saturated carbocycles. The van der Waals surface area contributed by atoms with Crippen molar-refractivity contribution in [3.8, 4) is 11.3 Å². The zero-order chi connectivity index (χ0) is 19.7. The molecule has 3 aromatic rings. The fraction of sp³-hybridized carbons (Fsp3) is 0.100. The van der Waals surface area contributed by atoms with Gasteiger partial charge in [0, 0.05) is 42.3 Å². The van der Waals surface area contributed by atoms with Gasteiger partial charge < -0.3 is 21.7 Å². The number of hydrogen-bond acceptors (Lipinski definition) is 6. The Morgan fingerprint density at radius 2 is 1.86 bits per heavy atom. The first-order valence-corrected chi connectivity index (χ1v) is 8.69. The molecule has 0 fully saturated rings. The van der Waals surface area contributed by atoms with Gasteiger partial charge in [0.15, 0.2) is 0 Å². The molecule has 1 aliphatic rings. The molecular formula is C20H18N6O2. The number of nitrogens with two attached hydrogens (primary N) is 1. The molecule has 8 heteroatoms. The molecule has 0 saturated heterocycles. The zero-order valence-electron chi connectivity index (χ0n) is 15.1. The Balaban J connectivity index is 1.61. The van der Waals surface area contributed by atoms with Crippen molar-refractivity contribution < 1.29 is 9.59 Å². The normalized spacial score (nSPS) is 12.2. The number of anilines is 4. The van der Waals surface area contributed by atoms with Crippen molar-refractivity contribution in [1.82, 2.24) is 15.3 Å². The predicted octanol–water partition coefficient (Wildman–Crippen LogP) is 2.67. The van der Waals surface area contributed by atoms with Crippen molar-refractivity contribution in [2.24, 2.45) is 0 Å². The van der Waals surface area contributed by atoms with Crippen molar-refractivity contribution in [1.29, 1.82) is 0 Å². The number of aromatic nitrogens is 2.